The summed E-state index contributed by atoms with van der Waals surface area (Å²) in [6, 6.07) is 6.86. The average molecular weight is 229 g/mol. The van der Waals surface area contributed by atoms with Crippen LogP contribution >= 0.6 is 0 Å². The molecular weight excluding hydrogens is 218 g/mol. The molecule has 17 heavy (non-hydrogen) atoms. The number of hydrogen-bond acceptors (Lipinski definition) is 4. The van der Waals surface area contributed by atoms with Gasteiger partial charge in [0.1, 0.15) is 12.1 Å². The lowest BCUT2D eigenvalue weighted by Gasteiger charge is -2.07. The first-order valence-corrected chi connectivity index (χ1v) is 5.04. The molecule has 0 fully saturated rings. The summed E-state index contributed by atoms with van der Waals surface area (Å²) in [5.41, 5.74) is 1.70. The number of nitrogens with zero attached hydrogens (tertiary/aromatic N) is 2. The van der Waals surface area contributed by atoms with Crippen LogP contribution in [0.25, 0.3) is 0 Å². The van der Waals surface area contributed by atoms with E-state index in [1.165, 1.54) is 6.33 Å². The average Bonchev–Trinajstić information content (AvgIpc) is 2.32. The fourth-order valence-electron chi connectivity index (χ4n) is 1.44. The molecule has 86 valence electrons. The van der Waals surface area contributed by atoms with E-state index < -0.39 is 5.97 Å². The first-order valence-electron chi connectivity index (χ1n) is 5.04. The van der Waals surface area contributed by atoms with E-state index >= 15 is 0 Å². The van der Waals surface area contributed by atoms with Crippen molar-refractivity contribution in [2.75, 3.05) is 5.32 Å². The number of aromatic nitrogens is 2. The minimum atomic E-state index is -0.936. The van der Waals surface area contributed by atoms with Crippen molar-refractivity contribution in [3.8, 4) is 0 Å². The van der Waals surface area contributed by atoms with Gasteiger partial charge in [-0.1, -0.05) is 6.07 Å². The number of rotatable bonds is 3. The maximum Gasteiger partial charge on any atom is 0.336 e. The van der Waals surface area contributed by atoms with Crippen molar-refractivity contribution in [3.05, 3.63) is 47.9 Å². The SMILES string of the molecule is Cc1ccc(Nc2ccncn2)cc1C(=O)O. The number of hydrogen-bond donors (Lipinski definition) is 2. The van der Waals surface area contributed by atoms with E-state index in [2.05, 4.69) is 15.3 Å². The molecule has 2 rings (SSSR count). The molecule has 0 aliphatic rings. The molecule has 0 unspecified atom stereocenters. The Balaban J connectivity index is 2.29. The highest BCUT2D eigenvalue weighted by Gasteiger charge is 2.07. The summed E-state index contributed by atoms with van der Waals surface area (Å²) in [5.74, 6) is -0.311. The number of aryl methyl sites for hydroxylation is 1. The lowest BCUT2D eigenvalue weighted by molar-refractivity contribution is 0.0696. The van der Waals surface area contributed by atoms with Gasteiger partial charge >= 0.3 is 5.97 Å². The molecule has 0 saturated heterocycles. The highest BCUT2D eigenvalue weighted by atomic mass is 16.4. The van der Waals surface area contributed by atoms with E-state index in [9.17, 15) is 4.79 Å². The van der Waals surface area contributed by atoms with Crippen molar-refractivity contribution >= 4 is 17.5 Å². The van der Waals surface area contributed by atoms with Crippen LogP contribution in [0.1, 0.15) is 15.9 Å². The topological polar surface area (TPSA) is 75.1 Å². The minimum absolute atomic E-state index is 0.282. The van der Waals surface area contributed by atoms with Crippen LogP contribution in [-0.2, 0) is 0 Å². The molecule has 0 atom stereocenters. The molecule has 0 saturated carbocycles. The monoisotopic (exact) mass is 229 g/mol. The summed E-state index contributed by atoms with van der Waals surface area (Å²) in [6.45, 7) is 1.76. The van der Waals surface area contributed by atoms with E-state index in [1.807, 2.05) is 6.07 Å². The molecule has 0 spiro atoms. The van der Waals surface area contributed by atoms with Crippen LogP contribution < -0.4 is 5.32 Å². The van der Waals surface area contributed by atoms with Crippen LogP contribution in [0.4, 0.5) is 11.5 Å². The van der Waals surface area contributed by atoms with Crippen LogP contribution in [-0.4, -0.2) is 21.0 Å². The third-order valence-corrected chi connectivity index (χ3v) is 2.32. The van der Waals surface area contributed by atoms with Gasteiger partial charge in [-0.05, 0) is 30.7 Å². The molecule has 0 bridgehead atoms. The molecule has 5 heteroatoms. The van der Waals surface area contributed by atoms with Gasteiger partial charge in [0.25, 0.3) is 0 Å². The molecule has 1 aromatic heterocycles. The third kappa shape index (κ3) is 2.57. The second-order valence-electron chi connectivity index (χ2n) is 3.55. The Morgan fingerprint density at radius 2 is 2.18 bits per heavy atom. The lowest BCUT2D eigenvalue weighted by Crippen LogP contribution is -2.01. The van der Waals surface area contributed by atoms with Crippen molar-refractivity contribution in [3.63, 3.8) is 0 Å². The molecule has 5 nitrogen and oxygen atoms in total. The van der Waals surface area contributed by atoms with Crippen molar-refractivity contribution in [1.82, 2.24) is 9.97 Å². The largest absolute Gasteiger partial charge is 0.478 e. The smallest absolute Gasteiger partial charge is 0.336 e. The number of carboxylic acid groups (broad SMARTS) is 1. The van der Waals surface area contributed by atoms with Crippen molar-refractivity contribution < 1.29 is 9.90 Å². The van der Waals surface area contributed by atoms with Crippen molar-refractivity contribution in [2.45, 2.75) is 6.92 Å². The lowest BCUT2D eigenvalue weighted by atomic mass is 10.1. The Morgan fingerprint density at radius 1 is 1.35 bits per heavy atom. The summed E-state index contributed by atoms with van der Waals surface area (Å²) in [6.07, 6.45) is 3.04. The second-order valence-corrected chi connectivity index (χ2v) is 3.55. The number of anilines is 2. The van der Waals surface area contributed by atoms with Gasteiger partial charge in [-0.2, -0.15) is 0 Å². The van der Waals surface area contributed by atoms with Crippen molar-refractivity contribution in [2.24, 2.45) is 0 Å². The Kier molecular flexibility index (Phi) is 3.00. The summed E-state index contributed by atoms with van der Waals surface area (Å²) in [5, 5.41) is 12.0. The van der Waals surface area contributed by atoms with E-state index in [0.29, 0.717) is 11.5 Å². The first-order chi connectivity index (χ1) is 8.16. The molecule has 0 amide bonds. The van der Waals surface area contributed by atoms with Gasteiger partial charge in [0, 0.05) is 11.9 Å². The number of carbonyl (C=O) groups is 1. The van der Waals surface area contributed by atoms with Crippen LogP contribution in [0.5, 0.6) is 0 Å². The Bertz CT molecular complexity index is 541. The van der Waals surface area contributed by atoms with Gasteiger partial charge in [0.15, 0.2) is 0 Å². The van der Waals surface area contributed by atoms with Crippen LogP contribution in [0.15, 0.2) is 36.8 Å². The predicted molar refractivity (Wildman–Crippen MR) is 63.5 cm³/mol. The number of aromatic carboxylic acids is 1. The minimum Gasteiger partial charge on any atom is -0.478 e. The van der Waals surface area contributed by atoms with Crippen LogP contribution in [0, 0.1) is 6.92 Å². The zero-order valence-electron chi connectivity index (χ0n) is 9.21. The number of benzene rings is 1. The Morgan fingerprint density at radius 3 is 2.82 bits per heavy atom. The van der Waals surface area contributed by atoms with Crippen LogP contribution in [0.3, 0.4) is 0 Å². The van der Waals surface area contributed by atoms with Gasteiger partial charge in [0.2, 0.25) is 0 Å². The Hall–Kier alpha value is -2.43. The van der Waals surface area contributed by atoms with Gasteiger partial charge in [-0.15, -0.1) is 0 Å². The van der Waals surface area contributed by atoms with E-state index in [-0.39, 0.29) is 5.56 Å². The Labute approximate surface area is 98.2 Å². The van der Waals surface area contributed by atoms with E-state index in [0.717, 1.165) is 5.56 Å². The maximum atomic E-state index is 11.0. The van der Waals surface area contributed by atoms with E-state index in [4.69, 9.17) is 5.11 Å². The van der Waals surface area contributed by atoms with E-state index in [1.54, 1.807) is 31.3 Å². The number of nitrogens with one attached hydrogen (secondary N) is 1. The summed E-state index contributed by atoms with van der Waals surface area (Å²) >= 11 is 0. The fourth-order valence-corrected chi connectivity index (χ4v) is 1.44. The zero-order valence-corrected chi connectivity index (χ0v) is 9.21. The van der Waals surface area contributed by atoms with Crippen LogP contribution in [0.2, 0.25) is 0 Å². The van der Waals surface area contributed by atoms with Gasteiger partial charge < -0.3 is 10.4 Å². The fraction of sp³-hybridized carbons (Fsp3) is 0.0833. The second kappa shape index (κ2) is 4.61. The molecular formula is C12H11N3O2. The van der Waals surface area contributed by atoms with Gasteiger partial charge in [-0.25, -0.2) is 14.8 Å². The maximum absolute atomic E-state index is 11.0. The standard InChI is InChI=1S/C12H11N3O2/c1-8-2-3-9(6-10(8)12(16)17)15-11-4-5-13-7-14-11/h2-7H,1H3,(H,16,17)(H,13,14,15). The number of carboxylic acids is 1. The molecule has 2 N–H and O–H groups in total. The zero-order chi connectivity index (χ0) is 12.3. The summed E-state index contributed by atoms with van der Waals surface area (Å²) in [4.78, 5) is 18.8. The van der Waals surface area contributed by atoms with Gasteiger partial charge in [0.05, 0.1) is 5.56 Å². The first kappa shape index (κ1) is 11.1. The highest BCUT2D eigenvalue weighted by Crippen LogP contribution is 2.18. The molecule has 1 aromatic carbocycles. The van der Waals surface area contributed by atoms with Crippen molar-refractivity contribution in [1.29, 1.82) is 0 Å². The molecule has 2 aromatic rings. The third-order valence-electron chi connectivity index (χ3n) is 2.32. The summed E-state index contributed by atoms with van der Waals surface area (Å²) < 4.78 is 0. The molecule has 0 aliphatic heterocycles. The molecule has 1 heterocycles. The predicted octanol–water partition coefficient (Wildman–Crippen LogP) is 2.23. The quantitative estimate of drug-likeness (QED) is 0.844. The summed E-state index contributed by atoms with van der Waals surface area (Å²) in [7, 11) is 0. The molecule has 0 radical (unpaired) electrons. The molecule has 0 aliphatic carbocycles. The highest BCUT2D eigenvalue weighted by molar-refractivity contribution is 5.90. The normalized spacial score (nSPS) is 9.94. The van der Waals surface area contributed by atoms with Gasteiger partial charge in [-0.3, -0.25) is 0 Å².